The Morgan fingerprint density at radius 1 is 1.36 bits per heavy atom. The summed E-state index contributed by atoms with van der Waals surface area (Å²) in [7, 11) is 0. The molecule has 3 rings (SSSR count). The molecule has 3 nitrogen and oxygen atoms in total. The first-order valence-electron chi connectivity index (χ1n) is 8.06. The molecule has 2 fully saturated rings. The van der Waals surface area contributed by atoms with Gasteiger partial charge < -0.3 is 10.2 Å². The van der Waals surface area contributed by atoms with Crippen LogP contribution in [0.3, 0.4) is 0 Å². The van der Waals surface area contributed by atoms with E-state index in [1.165, 1.54) is 12.8 Å². The molecule has 0 radical (unpaired) electrons. The maximum absolute atomic E-state index is 13.1. The number of rotatable bonds is 3. The van der Waals surface area contributed by atoms with Gasteiger partial charge in [0, 0.05) is 22.0 Å². The number of piperidine rings is 1. The van der Waals surface area contributed by atoms with Gasteiger partial charge in [-0.1, -0.05) is 15.9 Å². The SMILES string of the molecule is CSc1cc(Br)ccc1C(=O)N1CCCCC1C1CCNC1. The second-order valence-electron chi connectivity index (χ2n) is 6.16. The molecule has 1 N–H and O–H groups in total. The lowest BCUT2D eigenvalue weighted by Gasteiger charge is -2.39. The fraction of sp³-hybridized carbons (Fsp3) is 0.588. The summed E-state index contributed by atoms with van der Waals surface area (Å²) in [5.41, 5.74) is 0.855. The van der Waals surface area contributed by atoms with Crippen LogP contribution >= 0.6 is 27.7 Å². The van der Waals surface area contributed by atoms with Gasteiger partial charge in [0.05, 0.1) is 5.56 Å². The molecule has 2 aliphatic heterocycles. The lowest BCUT2D eigenvalue weighted by Crippen LogP contribution is -2.48. The number of halogens is 1. The van der Waals surface area contributed by atoms with E-state index in [0.717, 1.165) is 47.4 Å². The van der Waals surface area contributed by atoms with E-state index >= 15 is 0 Å². The van der Waals surface area contributed by atoms with Crippen LogP contribution in [0.15, 0.2) is 27.6 Å². The maximum atomic E-state index is 13.1. The van der Waals surface area contributed by atoms with E-state index in [4.69, 9.17) is 0 Å². The molecule has 5 heteroatoms. The third kappa shape index (κ3) is 3.36. The molecule has 120 valence electrons. The minimum atomic E-state index is 0.216. The highest BCUT2D eigenvalue weighted by molar-refractivity contribution is 9.10. The topological polar surface area (TPSA) is 32.3 Å². The Labute approximate surface area is 145 Å². The van der Waals surface area contributed by atoms with Gasteiger partial charge in [-0.3, -0.25) is 4.79 Å². The number of amides is 1. The Balaban J connectivity index is 1.85. The number of nitrogens with one attached hydrogen (secondary N) is 1. The van der Waals surface area contributed by atoms with Crippen molar-refractivity contribution >= 4 is 33.6 Å². The van der Waals surface area contributed by atoms with Crippen LogP contribution in [0.5, 0.6) is 0 Å². The van der Waals surface area contributed by atoms with Gasteiger partial charge in [-0.2, -0.15) is 0 Å². The summed E-state index contributed by atoms with van der Waals surface area (Å²) in [6.07, 6.45) is 6.77. The minimum Gasteiger partial charge on any atom is -0.335 e. The summed E-state index contributed by atoms with van der Waals surface area (Å²) in [6, 6.07) is 6.41. The van der Waals surface area contributed by atoms with Crippen LogP contribution in [0.25, 0.3) is 0 Å². The fourth-order valence-corrected chi connectivity index (χ4v) is 4.83. The van der Waals surface area contributed by atoms with Crippen molar-refractivity contribution in [2.75, 3.05) is 25.9 Å². The Morgan fingerprint density at radius 2 is 2.23 bits per heavy atom. The van der Waals surface area contributed by atoms with Crippen molar-refractivity contribution in [3.05, 3.63) is 28.2 Å². The number of carbonyl (C=O) groups is 1. The number of thioether (sulfide) groups is 1. The van der Waals surface area contributed by atoms with Crippen LogP contribution < -0.4 is 5.32 Å². The second-order valence-corrected chi connectivity index (χ2v) is 7.92. The molecule has 0 spiro atoms. The molecule has 2 unspecified atom stereocenters. The van der Waals surface area contributed by atoms with E-state index in [0.29, 0.717) is 12.0 Å². The number of likely N-dealkylation sites (tertiary alicyclic amines) is 1. The van der Waals surface area contributed by atoms with Crippen molar-refractivity contribution in [2.45, 2.75) is 36.6 Å². The maximum Gasteiger partial charge on any atom is 0.255 e. The van der Waals surface area contributed by atoms with E-state index in [9.17, 15) is 4.79 Å². The van der Waals surface area contributed by atoms with Crippen molar-refractivity contribution in [2.24, 2.45) is 5.92 Å². The molecular weight excluding hydrogens is 360 g/mol. The van der Waals surface area contributed by atoms with Gasteiger partial charge in [0.15, 0.2) is 0 Å². The lowest BCUT2D eigenvalue weighted by atomic mass is 9.89. The Bertz CT molecular complexity index is 545. The van der Waals surface area contributed by atoms with E-state index in [2.05, 4.69) is 26.1 Å². The Kier molecular flexibility index (Phi) is 5.47. The van der Waals surface area contributed by atoms with Crippen molar-refractivity contribution in [1.29, 1.82) is 0 Å². The van der Waals surface area contributed by atoms with Crippen LogP contribution in [-0.4, -0.2) is 42.7 Å². The van der Waals surface area contributed by atoms with Gasteiger partial charge in [-0.05, 0) is 69.1 Å². The molecule has 0 bridgehead atoms. The average molecular weight is 383 g/mol. The third-order valence-corrected chi connectivity index (χ3v) is 6.12. The molecule has 0 saturated carbocycles. The van der Waals surface area contributed by atoms with Crippen molar-refractivity contribution < 1.29 is 4.79 Å². The van der Waals surface area contributed by atoms with Crippen molar-refractivity contribution in [3.63, 3.8) is 0 Å². The van der Waals surface area contributed by atoms with Gasteiger partial charge in [0.25, 0.3) is 5.91 Å². The lowest BCUT2D eigenvalue weighted by molar-refractivity contribution is 0.0526. The van der Waals surface area contributed by atoms with Crippen LogP contribution in [0.2, 0.25) is 0 Å². The molecule has 1 aromatic rings. The van der Waals surface area contributed by atoms with Gasteiger partial charge in [0.1, 0.15) is 0 Å². The highest BCUT2D eigenvalue weighted by Crippen LogP contribution is 2.31. The fourth-order valence-electron chi connectivity index (χ4n) is 3.70. The van der Waals surface area contributed by atoms with E-state index in [-0.39, 0.29) is 5.91 Å². The van der Waals surface area contributed by atoms with Gasteiger partial charge in [0.2, 0.25) is 0 Å². The highest BCUT2D eigenvalue weighted by atomic mass is 79.9. The number of carbonyl (C=O) groups excluding carboxylic acids is 1. The van der Waals surface area contributed by atoms with Crippen LogP contribution in [0.1, 0.15) is 36.0 Å². The van der Waals surface area contributed by atoms with Crippen LogP contribution in [-0.2, 0) is 0 Å². The van der Waals surface area contributed by atoms with Crippen LogP contribution in [0, 0.1) is 5.92 Å². The molecule has 2 heterocycles. The van der Waals surface area contributed by atoms with Gasteiger partial charge >= 0.3 is 0 Å². The minimum absolute atomic E-state index is 0.216. The largest absolute Gasteiger partial charge is 0.335 e. The molecule has 0 aliphatic carbocycles. The molecule has 2 aliphatic rings. The zero-order valence-electron chi connectivity index (χ0n) is 13.0. The number of hydrogen-bond acceptors (Lipinski definition) is 3. The monoisotopic (exact) mass is 382 g/mol. The molecule has 1 aromatic carbocycles. The smallest absolute Gasteiger partial charge is 0.255 e. The number of nitrogens with zero attached hydrogens (tertiary/aromatic N) is 1. The van der Waals surface area contributed by atoms with Gasteiger partial charge in [-0.25, -0.2) is 0 Å². The normalized spacial score (nSPS) is 25.5. The average Bonchev–Trinajstić information content (AvgIpc) is 3.08. The number of benzene rings is 1. The molecule has 0 aromatic heterocycles. The van der Waals surface area contributed by atoms with E-state index in [1.54, 1.807) is 11.8 Å². The Morgan fingerprint density at radius 3 is 2.95 bits per heavy atom. The number of hydrogen-bond donors (Lipinski definition) is 1. The van der Waals surface area contributed by atoms with E-state index < -0.39 is 0 Å². The summed E-state index contributed by atoms with van der Waals surface area (Å²) in [6.45, 7) is 3.06. The molecule has 22 heavy (non-hydrogen) atoms. The summed E-state index contributed by atoms with van der Waals surface area (Å²) in [5, 5.41) is 3.45. The standard InChI is InChI=1S/C17H23BrN2OS/c1-22-16-10-13(18)5-6-14(16)17(21)20-9-3-2-4-15(20)12-7-8-19-11-12/h5-6,10,12,15,19H,2-4,7-9,11H2,1H3. The molecular formula is C17H23BrN2OS. The predicted octanol–water partition coefficient (Wildman–Crippen LogP) is 3.78. The first-order valence-corrected chi connectivity index (χ1v) is 10.1. The summed E-state index contributed by atoms with van der Waals surface area (Å²) in [5.74, 6) is 0.839. The van der Waals surface area contributed by atoms with Crippen LogP contribution in [0.4, 0.5) is 0 Å². The van der Waals surface area contributed by atoms with Crippen molar-refractivity contribution in [1.82, 2.24) is 10.2 Å². The highest BCUT2D eigenvalue weighted by Gasteiger charge is 2.35. The summed E-state index contributed by atoms with van der Waals surface area (Å²) >= 11 is 5.15. The van der Waals surface area contributed by atoms with Crippen molar-refractivity contribution in [3.8, 4) is 0 Å². The van der Waals surface area contributed by atoms with Gasteiger partial charge in [-0.15, -0.1) is 11.8 Å². The quantitative estimate of drug-likeness (QED) is 0.807. The second kappa shape index (κ2) is 7.37. The molecule has 2 saturated heterocycles. The first kappa shape index (κ1) is 16.3. The zero-order chi connectivity index (χ0) is 15.5. The predicted molar refractivity (Wildman–Crippen MR) is 95.6 cm³/mol. The summed E-state index contributed by atoms with van der Waals surface area (Å²) < 4.78 is 1.03. The van der Waals surface area contributed by atoms with E-state index in [1.807, 2.05) is 24.5 Å². The molecule has 2 atom stereocenters. The third-order valence-electron chi connectivity index (χ3n) is 4.85. The summed E-state index contributed by atoms with van der Waals surface area (Å²) in [4.78, 5) is 16.4. The Hall–Kier alpha value is -0.520. The first-order chi connectivity index (χ1) is 10.7. The molecule has 1 amide bonds. The zero-order valence-corrected chi connectivity index (χ0v) is 15.4.